The Morgan fingerprint density at radius 2 is 1.92 bits per heavy atom. The molecular weight excluding hydrogens is 324 g/mol. The molecule has 6 nitrogen and oxygen atoms in total. The van der Waals surface area contributed by atoms with Crippen molar-refractivity contribution in [2.45, 2.75) is 32.2 Å². The lowest BCUT2D eigenvalue weighted by molar-refractivity contribution is 0.602. The van der Waals surface area contributed by atoms with Gasteiger partial charge in [-0.1, -0.05) is 18.6 Å². The predicted octanol–water partition coefficient (Wildman–Crippen LogP) is 3.49. The number of rotatable bonds is 0. The Kier molecular flexibility index (Phi) is 5.12. The van der Waals surface area contributed by atoms with Gasteiger partial charge in [0.15, 0.2) is 5.82 Å². The first-order valence-electron chi connectivity index (χ1n) is 9.07. The molecule has 3 aromatic rings. The second kappa shape index (κ2) is 8.01. The molecule has 0 saturated carbocycles. The summed E-state index contributed by atoms with van der Waals surface area (Å²) in [6, 6.07) is 10.4. The fraction of sp³-hybridized carbons (Fsp3) is 0.300. The fourth-order valence-corrected chi connectivity index (χ4v) is 3.12. The van der Waals surface area contributed by atoms with E-state index in [-0.39, 0.29) is 0 Å². The van der Waals surface area contributed by atoms with Gasteiger partial charge in [0.2, 0.25) is 5.95 Å². The van der Waals surface area contributed by atoms with Crippen LogP contribution < -0.4 is 10.6 Å². The summed E-state index contributed by atoms with van der Waals surface area (Å²) in [7, 11) is 0. The second-order valence-electron chi connectivity index (χ2n) is 6.53. The molecule has 1 aromatic carbocycles. The summed E-state index contributed by atoms with van der Waals surface area (Å²) in [5, 5.41) is 6.79. The highest BCUT2D eigenvalue weighted by Crippen LogP contribution is 2.19. The first-order chi connectivity index (χ1) is 12.9. The Morgan fingerprint density at radius 3 is 2.92 bits per heavy atom. The molecule has 26 heavy (non-hydrogen) atoms. The van der Waals surface area contributed by atoms with Crippen LogP contribution >= 0.6 is 0 Å². The molecule has 0 fully saturated rings. The molecule has 1 aliphatic heterocycles. The third-order valence-corrected chi connectivity index (χ3v) is 4.46. The molecule has 2 aromatic heterocycles. The zero-order valence-electron chi connectivity index (χ0n) is 14.7. The largest absolute Gasteiger partial charge is 0.324 e. The summed E-state index contributed by atoms with van der Waals surface area (Å²) < 4.78 is 0. The van der Waals surface area contributed by atoms with E-state index in [4.69, 9.17) is 0 Å². The standard InChI is InChI=1S/C20H22N6/c1-2-5-15-9-17(13-22-12-15)19-23-14-24-20(26-19)25-18-7-4-6-16(10-18)11-21-8-3-1/h4,6-7,9-10,12-14,21H,1-3,5,8,11H2,(H,23,24,25,26). The van der Waals surface area contributed by atoms with Crippen molar-refractivity contribution in [2.75, 3.05) is 11.9 Å². The summed E-state index contributed by atoms with van der Waals surface area (Å²) in [5.74, 6) is 1.17. The van der Waals surface area contributed by atoms with Crippen molar-refractivity contribution in [1.82, 2.24) is 25.3 Å². The summed E-state index contributed by atoms with van der Waals surface area (Å²) in [5.41, 5.74) is 4.36. The number of hydrogen-bond acceptors (Lipinski definition) is 6. The van der Waals surface area contributed by atoms with Gasteiger partial charge in [-0.25, -0.2) is 9.97 Å². The molecule has 0 amide bonds. The normalized spacial score (nSPS) is 14.9. The quantitative estimate of drug-likeness (QED) is 0.649. The number of pyridine rings is 1. The number of anilines is 2. The molecule has 0 spiro atoms. The second-order valence-corrected chi connectivity index (χ2v) is 6.53. The zero-order chi connectivity index (χ0) is 17.6. The Hall–Kier alpha value is -2.86. The third-order valence-electron chi connectivity index (χ3n) is 4.46. The molecule has 2 N–H and O–H groups in total. The van der Waals surface area contributed by atoms with Crippen LogP contribution in [0.2, 0.25) is 0 Å². The van der Waals surface area contributed by atoms with Gasteiger partial charge in [0, 0.05) is 30.2 Å². The van der Waals surface area contributed by atoms with Gasteiger partial charge in [-0.2, -0.15) is 4.98 Å². The van der Waals surface area contributed by atoms with E-state index in [1.165, 1.54) is 30.3 Å². The van der Waals surface area contributed by atoms with Gasteiger partial charge in [-0.05, 0) is 55.1 Å². The van der Waals surface area contributed by atoms with E-state index in [1.807, 2.05) is 18.3 Å². The van der Waals surface area contributed by atoms with Crippen molar-refractivity contribution < 1.29 is 0 Å². The summed E-state index contributed by atoms with van der Waals surface area (Å²) >= 11 is 0. The van der Waals surface area contributed by atoms with Crippen LogP contribution in [-0.4, -0.2) is 26.5 Å². The van der Waals surface area contributed by atoms with E-state index in [2.05, 4.69) is 48.8 Å². The monoisotopic (exact) mass is 346 g/mol. The van der Waals surface area contributed by atoms with Crippen LogP contribution in [0.4, 0.5) is 11.6 Å². The molecule has 6 heteroatoms. The van der Waals surface area contributed by atoms with Crippen LogP contribution in [0.15, 0.2) is 49.1 Å². The maximum atomic E-state index is 4.56. The van der Waals surface area contributed by atoms with Crippen LogP contribution in [0.1, 0.15) is 30.4 Å². The molecule has 0 atom stereocenters. The molecule has 0 radical (unpaired) electrons. The molecule has 0 aliphatic carbocycles. The van der Waals surface area contributed by atoms with Crippen molar-refractivity contribution in [3.63, 3.8) is 0 Å². The third kappa shape index (κ3) is 4.21. The fourth-order valence-electron chi connectivity index (χ4n) is 3.12. The molecular formula is C20H22N6. The minimum Gasteiger partial charge on any atom is -0.324 e. The lowest BCUT2D eigenvalue weighted by Crippen LogP contribution is -2.14. The van der Waals surface area contributed by atoms with E-state index < -0.39 is 0 Å². The van der Waals surface area contributed by atoms with Gasteiger partial charge >= 0.3 is 0 Å². The zero-order valence-corrected chi connectivity index (χ0v) is 14.7. The molecule has 1 aliphatic rings. The van der Waals surface area contributed by atoms with Gasteiger partial charge < -0.3 is 10.6 Å². The lowest BCUT2D eigenvalue weighted by Gasteiger charge is -2.09. The summed E-state index contributed by atoms with van der Waals surface area (Å²) in [6.07, 6.45) is 9.84. The topological polar surface area (TPSA) is 75.6 Å². The van der Waals surface area contributed by atoms with Gasteiger partial charge in [0.25, 0.3) is 0 Å². The van der Waals surface area contributed by atoms with E-state index in [0.717, 1.165) is 37.2 Å². The number of aryl methyl sites for hydroxylation is 1. The number of hydrogen-bond donors (Lipinski definition) is 2. The van der Waals surface area contributed by atoms with Gasteiger partial charge in [0.05, 0.1) is 0 Å². The number of benzene rings is 1. The first-order valence-corrected chi connectivity index (χ1v) is 9.07. The minimum atomic E-state index is 0.537. The molecule has 4 rings (SSSR count). The van der Waals surface area contributed by atoms with Crippen LogP contribution in [0.25, 0.3) is 11.4 Å². The summed E-state index contributed by atoms with van der Waals surface area (Å²) in [4.78, 5) is 17.5. The van der Waals surface area contributed by atoms with Crippen LogP contribution in [0.5, 0.6) is 0 Å². The highest BCUT2D eigenvalue weighted by Gasteiger charge is 2.07. The number of nitrogens with one attached hydrogen (secondary N) is 2. The van der Waals surface area contributed by atoms with E-state index in [1.54, 1.807) is 6.20 Å². The van der Waals surface area contributed by atoms with Crippen molar-refractivity contribution >= 4 is 11.6 Å². The average molecular weight is 346 g/mol. The van der Waals surface area contributed by atoms with Crippen LogP contribution in [-0.2, 0) is 13.0 Å². The number of aromatic nitrogens is 4. The molecule has 6 bridgehead atoms. The maximum Gasteiger partial charge on any atom is 0.230 e. The van der Waals surface area contributed by atoms with E-state index in [0.29, 0.717) is 11.8 Å². The predicted molar refractivity (Wildman–Crippen MR) is 102 cm³/mol. The Bertz CT molecular complexity index is 879. The molecule has 132 valence electrons. The lowest BCUT2D eigenvalue weighted by atomic mass is 10.1. The van der Waals surface area contributed by atoms with Crippen molar-refractivity contribution in [3.05, 3.63) is 60.2 Å². The van der Waals surface area contributed by atoms with Gasteiger partial charge in [0.1, 0.15) is 6.33 Å². The number of fused-ring (bicyclic) bond motifs is 7. The van der Waals surface area contributed by atoms with Crippen LogP contribution in [0.3, 0.4) is 0 Å². The van der Waals surface area contributed by atoms with Crippen molar-refractivity contribution in [1.29, 1.82) is 0 Å². The molecule has 0 saturated heterocycles. The Balaban J connectivity index is 1.67. The Labute approximate surface area is 153 Å². The molecule has 0 unspecified atom stereocenters. The average Bonchev–Trinajstić information content (AvgIpc) is 2.67. The van der Waals surface area contributed by atoms with Crippen LogP contribution in [0, 0.1) is 0 Å². The smallest absolute Gasteiger partial charge is 0.230 e. The van der Waals surface area contributed by atoms with E-state index >= 15 is 0 Å². The Morgan fingerprint density at radius 1 is 0.923 bits per heavy atom. The SMILES string of the molecule is c1cc2cc(c1)Nc1ncnc(n1)-c1cncc(c1)CCCCCNC2. The highest BCUT2D eigenvalue weighted by molar-refractivity contribution is 5.59. The summed E-state index contributed by atoms with van der Waals surface area (Å²) in [6.45, 7) is 1.90. The van der Waals surface area contributed by atoms with Gasteiger partial charge in [-0.15, -0.1) is 0 Å². The van der Waals surface area contributed by atoms with Crippen molar-refractivity contribution in [2.24, 2.45) is 0 Å². The first kappa shape index (κ1) is 16.6. The van der Waals surface area contributed by atoms with Gasteiger partial charge in [-0.3, -0.25) is 4.98 Å². The van der Waals surface area contributed by atoms with Crippen molar-refractivity contribution in [3.8, 4) is 11.4 Å². The number of nitrogens with zero attached hydrogens (tertiary/aromatic N) is 4. The highest BCUT2D eigenvalue weighted by atomic mass is 15.1. The maximum absolute atomic E-state index is 4.56. The minimum absolute atomic E-state index is 0.537. The van der Waals surface area contributed by atoms with E-state index in [9.17, 15) is 0 Å². The molecule has 3 heterocycles.